The minimum atomic E-state index is -1.13. The monoisotopic (exact) mass is 409 g/mol. The molecule has 0 radical (unpaired) electrons. The molecule has 2 unspecified atom stereocenters. The molecule has 0 amide bonds. The first-order valence-corrected chi connectivity index (χ1v) is 10.8. The zero-order valence-electron chi connectivity index (χ0n) is 17.8. The number of methoxy groups -OCH3 is 1. The molecule has 2 aliphatic heterocycles. The highest BCUT2D eigenvalue weighted by atomic mass is 16.5. The molecule has 5 heteroatoms. The first-order chi connectivity index (χ1) is 14.6. The van der Waals surface area contributed by atoms with E-state index in [4.69, 9.17) is 9.47 Å². The van der Waals surface area contributed by atoms with Crippen LogP contribution in [0.15, 0.2) is 54.6 Å². The van der Waals surface area contributed by atoms with Crippen LogP contribution in [0.25, 0.3) is 0 Å². The van der Waals surface area contributed by atoms with Crippen LogP contribution in [0.2, 0.25) is 0 Å². The van der Waals surface area contributed by atoms with Gasteiger partial charge in [-0.15, -0.1) is 0 Å². The van der Waals surface area contributed by atoms with E-state index in [1.54, 1.807) is 7.11 Å². The number of nitrogens with zero attached hydrogens (tertiary/aromatic N) is 1. The second kappa shape index (κ2) is 8.78. The van der Waals surface area contributed by atoms with E-state index in [0.29, 0.717) is 18.5 Å². The number of carbonyl (C=O) groups excluding carboxylic acids is 1. The average Bonchev–Trinajstić information content (AvgIpc) is 2.99. The fourth-order valence-corrected chi connectivity index (χ4v) is 5.07. The van der Waals surface area contributed by atoms with E-state index >= 15 is 0 Å². The first-order valence-electron chi connectivity index (χ1n) is 10.8. The molecular weight excluding hydrogens is 378 g/mol. The highest BCUT2D eigenvalue weighted by Gasteiger charge is 2.45. The Bertz CT molecular complexity index is 839. The summed E-state index contributed by atoms with van der Waals surface area (Å²) in [5.41, 5.74) is 0.608. The maximum absolute atomic E-state index is 13.6. The van der Waals surface area contributed by atoms with Crippen molar-refractivity contribution in [1.29, 1.82) is 0 Å². The Kier molecular flexibility index (Phi) is 6.11. The Morgan fingerprint density at radius 1 is 1.07 bits per heavy atom. The molecular formula is C25H31NO4. The number of benzene rings is 2. The van der Waals surface area contributed by atoms with Gasteiger partial charge in [-0.05, 0) is 62.4 Å². The lowest BCUT2D eigenvalue weighted by molar-refractivity contribution is -0.161. The Morgan fingerprint density at radius 3 is 2.27 bits per heavy atom. The molecule has 160 valence electrons. The largest absolute Gasteiger partial charge is 0.497 e. The van der Waals surface area contributed by atoms with Crippen molar-refractivity contribution >= 4 is 5.97 Å². The number of hydrogen-bond donors (Lipinski definition) is 1. The fraction of sp³-hybridized carbons (Fsp3) is 0.480. The van der Waals surface area contributed by atoms with Gasteiger partial charge in [0.15, 0.2) is 0 Å². The molecule has 2 aromatic carbocycles. The van der Waals surface area contributed by atoms with Crippen LogP contribution in [0, 0.1) is 0 Å². The van der Waals surface area contributed by atoms with Crippen LogP contribution in [0.3, 0.4) is 0 Å². The maximum atomic E-state index is 13.6. The fourth-order valence-electron chi connectivity index (χ4n) is 5.07. The Labute approximate surface area is 178 Å². The minimum absolute atomic E-state index is 0.0864. The van der Waals surface area contributed by atoms with Gasteiger partial charge in [0.25, 0.3) is 0 Å². The van der Waals surface area contributed by atoms with Gasteiger partial charge in [0.1, 0.15) is 17.3 Å². The van der Waals surface area contributed by atoms with Crippen molar-refractivity contribution in [2.75, 3.05) is 20.8 Å². The minimum Gasteiger partial charge on any atom is -0.497 e. The average molecular weight is 410 g/mol. The van der Waals surface area contributed by atoms with Gasteiger partial charge in [-0.3, -0.25) is 4.79 Å². The van der Waals surface area contributed by atoms with Crippen molar-refractivity contribution in [3.05, 3.63) is 65.7 Å². The zero-order valence-corrected chi connectivity index (χ0v) is 17.8. The van der Waals surface area contributed by atoms with Gasteiger partial charge in [-0.2, -0.15) is 0 Å². The lowest BCUT2D eigenvalue weighted by Gasteiger charge is -2.38. The molecule has 2 fully saturated rings. The predicted molar refractivity (Wildman–Crippen MR) is 116 cm³/mol. The normalized spacial score (nSPS) is 25.5. The Morgan fingerprint density at radius 2 is 1.70 bits per heavy atom. The van der Waals surface area contributed by atoms with E-state index in [9.17, 15) is 9.90 Å². The van der Waals surface area contributed by atoms with Crippen LogP contribution < -0.4 is 4.74 Å². The zero-order chi connectivity index (χ0) is 21.1. The summed E-state index contributed by atoms with van der Waals surface area (Å²) in [5, 5.41) is 10.5. The molecule has 2 aliphatic rings. The number of piperidine rings is 1. The van der Waals surface area contributed by atoms with E-state index in [2.05, 4.69) is 11.9 Å². The molecule has 30 heavy (non-hydrogen) atoms. The van der Waals surface area contributed by atoms with Crippen molar-refractivity contribution in [2.45, 2.75) is 55.7 Å². The molecule has 5 nitrogen and oxygen atoms in total. The third kappa shape index (κ3) is 3.96. The summed E-state index contributed by atoms with van der Waals surface area (Å²) in [4.78, 5) is 16.0. The second-order valence-electron chi connectivity index (χ2n) is 8.68. The molecule has 4 rings (SSSR count). The second-order valence-corrected chi connectivity index (χ2v) is 8.68. The number of carbonyl (C=O) groups is 1. The van der Waals surface area contributed by atoms with E-state index in [1.807, 2.05) is 54.6 Å². The van der Waals surface area contributed by atoms with Gasteiger partial charge in [-0.25, -0.2) is 0 Å². The van der Waals surface area contributed by atoms with Gasteiger partial charge in [-0.1, -0.05) is 42.5 Å². The number of esters is 1. The Balaban J connectivity index is 1.60. The van der Waals surface area contributed by atoms with Gasteiger partial charge < -0.3 is 19.5 Å². The van der Waals surface area contributed by atoms with E-state index in [-0.39, 0.29) is 18.7 Å². The van der Waals surface area contributed by atoms with E-state index < -0.39 is 5.41 Å². The molecule has 4 atom stereocenters. The molecule has 2 aromatic rings. The highest BCUT2D eigenvalue weighted by molar-refractivity contribution is 5.84. The number of fused-ring (bicyclic) bond motifs is 2. The van der Waals surface area contributed by atoms with E-state index in [0.717, 1.165) is 29.7 Å². The smallest absolute Gasteiger partial charge is 0.319 e. The number of aliphatic hydroxyl groups excluding tert-OH is 1. The van der Waals surface area contributed by atoms with Crippen LogP contribution in [0.4, 0.5) is 0 Å². The lowest BCUT2D eigenvalue weighted by Crippen LogP contribution is -2.48. The molecule has 2 saturated heterocycles. The van der Waals surface area contributed by atoms with Gasteiger partial charge >= 0.3 is 5.97 Å². The lowest BCUT2D eigenvalue weighted by atomic mass is 9.76. The van der Waals surface area contributed by atoms with Gasteiger partial charge in [0, 0.05) is 12.1 Å². The summed E-state index contributed by atoms with van der Waals surface area (Å²) in [5.74, 6) is 0.429. The summed E-state index contributed by atoms with van der Waals surface area (Å²) in [7, 11) is 3.80. The third-order valence-corrected chi connectivity index (χ3v) is 6.98. The van der Waals surface area contributed by atoms with Crippen LogP contribution in [0.1, 0.15) is 36.8 Å². The van der Waals surface area contributed by atoms with Gasteiger partial charge in [0.05, 0.1) is 13.7 Å². The quantitative estimate of drug-likeness (QED) is 0.711. The Hall–Kier alpha value is -2.37. The molecule has 1 N–H and O–H groups in total. The number of aliphatic hydroxyl groups is 1. The summed E-state index contributed by atoms with van der Waals surface area (Å²) in [6, 6.07) is 18.1. The molecule has 2 heterocycles. The maximum Gasteiger partial charge on any atom is 0.319 e. The molecule has 2 bridgehead atoms. The van der Waals surface area contributed by atoms with Crippen molar-refractivity contribution in [3.63, 3.8) is 0 Å². The van der Waals surface area contributed by atoms with Crippen LogP contribution in [0.5, 0.6) is 5.75 Å². The summed E-state index contributed by atoms with van der Waals surface area (Å²) in [6.07, 6.45) is 4.37. The summed E-state index contributed by atoms with van der Waals surface area (Å²) in [6.45, 7) is -0.304. The molecule has 0 spiro atoms. The molecule has 0 saturated carbocycles. The first kappa shape index (κ1) is 20.9. The van der Waals surface area contributed by atoms with Crippen LogP contribution in [-0.4, -0.2) is 54.9 Å². The van der Waals surface area contributed by atoms with Crippen LogP contribution >= 0.6 is 0 Å². The van der Waals surface area contributed by atoms with Gasteiger partial charge in [0.2, 0.25) is 0 Å². The van der Waals surface area contributed by atoms with Crippen molar-refractivity contribution in [3.8, 4) is 5.75 Å². The number of rotatable bonds is 7. The van der Waals surface area contributed by atoms with Crippen LogP contribution in [-0.2, 0) is 21.4 Å². The van der Waals surface area contributed by atoms with Crippen molar-refractivity contribution < 1.29 is 19.4 Å². The number of ether oxygens (including phenoxy) is 2. The third-order valence-electron chi connectivity index (χ3n) is 6.98. The summed E-state index contributed by atoms with van der Waals surface area (Å²) < 4.78 is 11.3. The highest BCUT2D eigenvalue weighted by Crippen LogP contribution is 2.37. The molecule has 0 aliphatic carbocycles. The van der Waals surface area contributed by atoms with Crippen molar-refractivity contribution in [1.82, 2.24) is 4.90 Å². The SMILES string of the molecule is COc1ccc(CC(CO)(C(=O)OC2C[C@H]3CC[C@@H](C2)N3C)c2ccccc2)cc1. The topological polar surface area (TPSA) is 59.0 Å². The van der Waals surface area contributed by atoms with E-state index in [1.165, 1.54) is 12.8 Å². The molecule has 0 aromatic heterocycles. The van der Waals surface area contributed by atoms with Crippen molar-refractivity contribution in [2.24, 2.45) is 0 Å². The summed E-state index contributed by atoms with van der Waals surface area (Å²) >= 11 is 0. The number of hydrogen-bond acceptors (Lipinski definition) is 5. The predicted octanol–water partition coefficient (Wildman–Crippen LogP) is 3.34. The standard InChI is InChI=1S/C25H31NO4/c1-26-20-10-11-21(26)15-23(14-20)30-24(28)25(17-27,19-6-4-3-5-7-19)16-18-8-12-22(29-2)13-9-18/h3-9,12-13,20-21,23,27H,10-11,14-17H2,1-2H3/t20-,21+,23?,25?.